The Hall–Kier alpha value is -2.09. The highest BCUT2D eigenvalue weighted by Crippen LogP contribution is 2.39. The maximum atomic E-state index is 14.3. The molecule has 8 heteroatoms. The SMILES string of the molecule is O=C1CCC(Nc2ccc(C3CCNCC3(F)F)c(F)c2)C(=O)N1. The van der Waals surface area contributed by atoms with E-state index in [0.717, 1.165) is 6.07 Å². The smallest absolute Gasteiger partial charge is 0.267 e. The van der Waals surface area contributed by atoms with Crippen molar-refractivity contribution in [3.63, 3.8) is 0 Å². The fraction of sp³-hybridized carbons (Fsp3) is 0.500. The van der Waals surface area contributed by atoms with E-state index < -0.39 is 36.2 Å². The summed E-state index contributed by atoms with van der Waals surface area (Å²) in [7, 11) is 0. The molecule has 0 radical (unpaired) electrons. The van der Waals surface area contributed by atoms with Crippen molar-refractivity contribution in [3.05, 3.63) is 29.6 Å². The second-order valence-corrected chi connectivity index (χ2v) is 6.16. The normalized spacial score (nSPS) is 26.8. The molecule has 2 atom stereocenters. The average molecular weight is 341 g/mol. The van der Waals surface area contributed by atoms with Crippen molar-refractivity contribution in [3.8, 4) is 0 Å². The molecule has 1 aromatic carbocycles. The summed E-state index contributed by atoms with van der Waals surface area (Å²) in [5, 5.41) is 7.65. The molecule has 0 saturated carbocycles. The molecule has 3 rings (SSSR count). The molecule has 2 fully saturated rings. The number of amides is 2. The van der Waals surface area contributed by atoms with E-state index >= 15 is 0 Å². The molecular formula is C16H18F3N3O2. The third kappa shape index (κ3) is 3.38. The minimum absolute atomic E-state index is 0.0182. The average Bonchev–Trinajstić information content (AvgIpc) is 2.51. The number of alkyl halides is 2. The van der Waals surface area contributed by atoms with Gasteiger partial charge in [-0.2, -0.15) is 0 Å². The number of benzene rings is 1. The highest BCUT2D eigenvalue weighted by atomic mass is 19.3. The van der Waals surface area contributed by atoms with Crippen molar-refractivity contribution in [2.24, 2.45) is 0 Å². The van der Waals surface area contributed by atoms with Crippen molar-refractivity contribution < 1.29 is 22.8 Å². The standard InChI is InChI=1S/C16H18F3N3O2/c17-12-7-9(21-13-3-4-14(23)22-15(13)24)1-2-10(12)11-5-6-20-8-16(11,18)19/h1-2,7,11,13,20-21H,3-6,8H2,(H,22,23,24). The van der Waals surface area contributed by atoms with Crippen LogP contribution >= 0.6 is 0 Å². The Labute approximate surface area is 137 Å². The van der Waals surface area contributed by atoms with Crippen LogP contribution in [0.2, 0.25) is 0 Å². The molecule has 0 bridgehead atoms. The Bertz CT molecular complexity index is 666. The van der Waals surface area contributed by atoms with Gasteiger partial charge in [0.25, 0.3) is 5.92 Å². The van der Waals surface area contributed by atoms with Crippen LogP contribution in [0.15, 0.2) is 18.2 Å². The first-order chi connectivity index (χ1) is 11.4. The van der Waals surface area contributed by atoms with E-state index in [0.29, 0.717) is 18.7 Å². The van der Waals surface area contributed by atoms with Gasteiger partial charge >= 0.3 is 0 Å². The molecule has 24 heavy (non-hydrogen) atoms. The number of anilines is 1. The van der Waals surface area contributed by atoms with Gasteiger partial charge < -0.3 is 10.6 Å². The molecule has 2 aliphatic heterocycles. The fourth-order valence-corrected chi connectivity index (χ4v) is 3.15. The van der Waals surface area contributed by atoms with E-state index in [4.69, 9.17) is 0 Å². The quantitative estimate of drug-likeness (QED) is 0.733. The zero-order valence-electron chi connectivity index (χ0n) is 12.9. The minimum Gasteiger partial charge on any atom is -0.374 e. The number of rotatable bonds is 3. The molecule has 5 nitrogen and oxygen atoms in total. The van der Waals surface area contributed by atoms with Crippen molar-refractivity contribution in [2.45, 2.75) is 37.1 Å². The van der Waals surface area contributed by atoms with Gasteiger partial charge in [-0.25, -0.2) is 13.2 Å². The zero-order chi connectivity index (χ0) is 17.3. The summed E-state index contributed by atoms with van der Waals surface area (Å²) in [6.45, 7) is -0.0522. The summed E-state index contributed by atoms with van der Waals surface area (Å²) in [6, 6.07) is 3.30. The van der Waals surface area contributed by atoms with Crippen LogP contribution in [0, 0.1) is 5.82 Å². The molecule has 2 amide bonds. The largest absolute Gasteiger partial charge is 0.374 e. The van der Waals surface area contributed by atoms with Crippen LogP contribution in [0.1, 0.15) is 30.7 Å². The number of piperidine rings is 2. The second-order valence-electron chi connectivity index (χ2n) is 6.16. The number of halogens is 3. The topological polar surface area (TPSA) is 70.2 Å². The monoisotopic (exact) mass is 341 g/mol. The van der Waals surface area contributed by atoms with E-state index in [1.165, 1.54) is 12.1 Å². The molecule has 2 unspecified atom stereocenters. The van der Waals surface area contributed by atoms with Gasteiger partial charge in [0.2, 0.25) is 11.8 Å². The number of hydrogen-bond donors (Lipinski definition) is 3. The van der Waals surface area contributed by atoms with Gasteiger partial charge in [-0.3, -0.25) is 14.9 Å². The molecule has 0 spiro atoms. The lowest BCUT2D eigenvalue weighted by Gasteiger charge is -2.32. The summed E-state index contributed by atoms with van der Waals surface area (Å²) in [6.07, 6.45) is 0.662. The molecule has 2 saturated heterocycles. The van der Waals surface area contributed by atoms with E-state index in [2.05, 4.69) is 16.0 Å². The van der Waals surface area contributed by atoms with Crippen molar-refractivity contribution in [1.29, 1.82) is 0 Å². The summed E-state index contributed by atoms with van der Waals surface area (Å²) >= 11 is 0. The third-order valence-corrected chi connectivity index (χ3v) is 4.44. The van der Waals surface area contributed by atoms with Crippen LogP contribution in [0.3, 0.4) is 0 Å². The maximum Gasteiger partial charge on any atom is 0.267 e. The molecule has 0 aliphatic carbocycles. The van der Waals surface area contributed by atoms with Gasteiger partial charge in [-0.1, -0.05) is 6.07 Å². The summed E-state index contributed by atoms with van der Waals surface area (Å²) in [4.78, 5) is 22.8. The van der Waals surface area contributed by atoms with E-state index in [9.17, 15) is 22.8 Å². The second kappa shape index (κ2) is 6.43. The van der Waals surface area contributed by atoms with Crippen LogP contribution in [0.5, 0.6) is 0 Å². The summed E-state index contributed by atoms with van der Waals surface area (Å²) in [5.74, 6) is -5.70. The maximum absolute atomic E-state index is 14.3. The van der Waals surface area contributed by atoms with Gasteiger partial charge in [0.15, 0.2) is 0 Å². The van der Waals surface area contributed by atoms with Gasteiger partial charge in [-0.15, -0.1) is 0 Å². The predicted molar refractivity (Wildman–Crippen MR) is 81.4 cm³/mol. The molecule has 2 heterocycles. The number of hydrogen-bond acceptors (Lipinski definition) is 4. The lowest BCUT2D eigenvalue weighted by atomic mass is 9.86. The Morgan fingerprint density at radius 3 is 2.67 bits per heavy atom. The van der Waals surface area contributed by atoms with E-state index in [-0.39, 0.29) is 24.3 Å². The van der Waals surface area contributed by atoms with Gasteiger partial charge in [0.05, 0.1) is 12.5 Å². The Morgan fingerprint density at radius 1 is 1.21 bits per heavy atom. The first-order valence-corrected chi connectivity index (χ1v) is 7.85. The van der Waals surface area contributed by atoms with E-state index in [1.54, 1.807) is 0 Å². The van der Waals surface area contributed by atoms with Crippen LogP contribution in [0.4, 0.5) is 18.9 Å². The Balaban J connectivity index is 1.75. The van der Waals surface area contributed by atoms with Crippen LogP contribution in [-0.4, -0.2) is 36.9 Å². The van der Waals surface area contributed by atoms with Crippen LogP contribution in [-0.2, 0) is 9.59 Å². The molecular weight excluding hydrogens is 323 g/mol. The summed E-state index contributed by atoms with van der Waals surface area (Å²) in [5.41, 5.74) is 0.304. The zero-order valence-corrected chi connectivity index (χ0v) is 12.9. The number of nitrogens with one attached hydrogen (secondary N) is 3. The third-order valence-electron chi connectivity index (χ3n) is 4.44. The first kappa shape index (κ1) is 16.8. The highest BCUT2D eigenvalue weighted by molar-refractivity contribution is 6.01. The molecule has 0 aromatic heterocycles. The first-order valence-electron chi connectivity index (χ1n) is 7.85. The molecule has 3 N–H and O–H groups in total. The van der Waals surface area contributed by atoms with Crippen molar-refractivity contribution in [1.82, 2.24) is 10.6 Å². The molecule has 2 aliphatic rings. The van der Waals surface area contributed by atoms with Crippen molar-refractivity contribution in [2.75, 3.05) is 18.4 Å². The fourth-order valence-electron chi connectivity index (χ4n) is 3.15. The Morgan fingerprint density at radius 2 is 2.00 bits per heavy atom. The lowest BCUT2D eigenvalue weighted by molar-refractivity contribution is -0.133. The minimum atomic E-state index is -3.00. The van der Waals surface area contributed by atoms with Crippen LogP contribution in [0.25, 0.3) is 0 Å². The molecule has 130 valence electrons. The van der Waals surface area contributed by atoms with Gasteiger partial charge in [0, 0.05) is 12.1 Å². The number of imide groups is 1. The van der Waals surface area contributed by atoms with Crippen molar-refractivity contribution >= 4 is 17.5 Å². The van der Waals surface area contributed by atoms with Gasteiger partial charge in [0.1, 0.15) is 11.9 Å². The Kier molecular flexibility index (Phi) is 4.49. The van der Waals surface area contributed by atoms with Crippen LogP contribution < -0.4 is 16.0 Å². The number of carbonyl (C=O) groups excluding carboxylic acids is 2. The van der Waals surface area contributed by atoms with Gasteiger partial charge in [-0.05, 0) is 37.1 Å². The highest BCUT2D eigenvalue weighted by Gasteiger charge is 2.43. The number of carbonyl (C=O) groups is 2. The lowest BCUT2D eigenvalue weighted by Crippen LogP contribution is -2.47. The summed E-state index contributed by atoms with van der Waals surface area (Å²) < 4.78 is 42.3. The van der Waals surface area contributed by atoms with E-state index in [1.807, 2.05) is 0 Å². The predicted octanol–water partition coefficient (Wildman–Crippen LogP) is 1.75. The molecule has 1 aromatic rings.